The summed E-state index contributed by atoms with van der Waals surface area (Å²) in [6.45, 7) is 9.00. The van der Waals surface area contributed by atoms with Crippen molar-refractivity contribution in [1.82, 2.24) is 5.32 Å². The van der Waals surface area contributed by atoms with Gasteiger partial charge in [-0.25, -0.2) is 9.59 Å². The molecule has 0 aliphatic heterocycles. The van der Waals surface area contributed by atoms with Crippen LogP contribution in [-0.4, -0.2) is 63.8 Å². The number of carboxylic acids is 2. The van der Waals surface area contributed by atoms with Crippen LogP contribution in [0.5, 0.6) is 5.75 Å². The van der Waals surface area contributed by atoms with Gasteiger partial charge in [0.1, 0.15) is 18.5 Å². The summed E-state index contributed by atoms with van der Waals surface area (Å²) in [7, 11) is 0. The van der Waals surface area contributed by atoms with Gasteiger partial charge in [-0.2, -0.15) is 0 Å². The van der Waals surface area contributed by atoms with Gasteiger partial charge in [-0.1, -0.05) is 17.7 Å². The van der Waals surface area contributed by atoms with Gasteiger partial charge in [0, 0.05) is 30.8 Å². The van der Waals surface area contributed by atoms with Crippen LogP contribution < -0.4 is 10.1 Å². The first-order chi connectivity index (χ1) is 12.9. The molecule has 28 heavy (non-hydrogen) atoms. The molecule has 0 fully saturated rings. The first-order valence-corrected chi connectivity index (χ1v) is 8.85. The topological polar surface area (TPSA) is 136 Å². The van der Waals surface area contributed by atoms with Crippen LogP contribution in [0, 0.1) is 6.92 Å². The summed E-state index contributed by atoms with van der Waals surface area (Å²) in [4.78, 5) is 19.1. The van der Waals surface area contributed by atoms with Crippen molar-refractivity contribution in [3.05, 3.63) is 41.5 Å². The normalized spacial score (nSPS) is 12.2. The lowest BCUT2D eigenvalue weighted by atomic mass is 10.1. The number of carboxylic acid groups (broad SMARTS) is 2. The number of nitrogens with one attached hydrogen (secondary N) is 1. The number of benzene rings is 1. The number of aliphatic hydroxyl groups is 2. The van der Waals surface area contributed by atoms with E-state index in [1.807, 2.05) is 25.1 Å². The van der Waals surface area contributed by atoms with Crippen LogP contribution >= 0.6 is 0 Å². The van der Waals surface area contributed by atoms with Crippen molar-refractivity contribution >= 4 is 11.9 Å². The Morgan fingerprint density at radius 1 is 1.18 bits per heavy atom. The van der Waals surface area contributed by atoms with Crippen molar-refractivity contribution in [2.45, 2.75) is 45.8 Å². The van der Waals surface area contributed by atoms with Gasteiger partial charge >= 0.3 is 11.9 Å². The van der Waals surface area contributed by atoms with E-state index < -0.39 is 18.0 Å². The maximum absolute atomic E-state index is 9.91. The zero-order valence-corrected chi connectivity index (χ0v) is 16.8. The van der Waals surface area contributed by atoms with Crippen LogP contribution in [0.15, 0.2) is 30.4 Å². The molecule has 0 unspecified atom stereocenters. The summed E-state index contributed by atoms with van der Waals surface area (Å²) in [5.41, 5.74) is 2.09. The zero-order valence-electron chi connectivity index (χ0n) is 16.8. The molecule has 1 atom stereocenters. The molecule has 8 heteroatoms. The molecule has 1 rings (SSSR count). The quantitative estimate of drug-likeness (QED) is 0.394. The predicted molar refractivity (Wildman–Crippen MR) is 106 cm³/mol. The van der Waals surface area contributed by atoms with Gasteiger partial charge in [-0.05, 0) is 45.7 Å². The van der Waals surface area contributed by atoms with E-state index in [0.717, 1.165) is 16.9 Å². The molecule has 0 saturated heterocycles. The van der Waals surface area contributed by atoms with E-state index in [2.05, 4.69) is 26.1 Å². The van der Waals surface area contributed by atoms with E-state index in [1.165, 1.54) is 0 Å². The molecular weight excluding hydrogens is 366 g/mol. The van der Waals surface area contributed by atoms with Gasteiger partial charge in [0.15, 0.2) is 0 Å². The van der Waals surface area contributed by atoms with Gasteiger partial charge in [0.25, 0.3) is 0 Å². The van der Waals surface area contributed by atoms with Crippen molar-refractivity contribution in [1.29, 1.82) is 0 Å². The van der Waals surface area contributed by atoms with E-state index in [-0.39, 0.29) is 18.8 Å². The Morgan fingerprint density at radius 2 is 1.75 bits per heavy atom. The smallest absolute Gasteiger partial charge is 0.328 e. The number of carbonyl (C=O) groups is 2. The molecule has 0 heterocycles. The summed E-state index contributed by atoms with van der Waals surface area (Å²) >= 11 is 0. The number of aryl methyl sites for hydroxylation is 1. The largest absolute Gasteiger partial charge is 0.491 e. The summed E-state index contributed by atoms with van der Waals surface area (Å²) < 4.78 is 5.67. The van der Waals surface area contributed by atoms with Crippen LogP contribution in [0.2, 0.25) is 0 Å². The molecule has 158 valence electrons. The van der Waals surface area contributed by atoms with Gasteiger partial charge in [0.05, 0.1) is 0 Å². The van der Waals surface area contributed by atoms with E-state index in [4.69, 9.17) is 20.1 Å². The van der Waals surface area contributed by atoms with Crippen LogP contribution in [0.4, 0.5) is 0 Å². The summed E-state index contributed by atoms with van der Waals surface area (Å²) in [6.07, 6.45) is 1.12. The first-order valence-electron chi connectivity index (χ1n) is 8.85. The molecule has 1 aromatic rings. The number of aliphatic carboxylic acids is 2. The summed E-state index contributed by atoms with van der Waals surface area (Å²) in [6, 6.07) is 5.87. The van der Waals surface area contributed by atoms with Crippen LogP contribution in [0.3, 0.4) is 0 Å². The average Bonchev–Trinajstić information content (AvgIpc) is 2.58. The Hall–Kier alpha value is -2.42. The number of β-amino-alcohol motifs (C(OH)–C–C–N with tert-alkyl or cyclic N) is 1. The molecule has 0 spiro atoms. The second-order valence-corrected chi connectivity index (χ2v) is 7.19. The lowest BCUT2D eigenvalue weighted by molar-refractivity contribution is -0.134. The van der Waals surface area contributed by atoms with Crippen molar-refractivity contribution in [2.24, 2.45) is 0 Å². The fourth-order valence-corrected chi connectivity index (χ4v) is 1.98. The highest BCUT2D eigenvalue weighted by atomic mass is 16.5. The highest BCUT2D eigenvalue weighted by molar-refractivity contribution is 5.89. The van der Waals surface area contributed by atoms with Gasteiger partial charge in [0.2, 0.25) is 0 Å². The highest BCUT2D eigenvalue weighted by Gasteiger charge is 2.13. The standard InChI is InChI=1S/C16H27NO3.C4H4O4/c1-12-5-6-15(13(9-12)7-8-18)20-11-14(19)10-17-16(2,3)4;5-3(6)1-2-4(7)8/h5-6,9,14,17-19H,7-8,10-11H2,1-4H3;1-2H,(H,5,6)(H,7,8)/t14-;/m0./s1. The molecule has 0 saturated carbocycles. The second kappa shape index (κ2) is 12.9. The fourth-order valence-electron chi connectivity index (χ4n) is 1.98. The van der Waals surface area contributed by atoms with Crippen molar-refractivity contribution in [3.8, 4) is 5.75 Å². The average molecular weight is 397 g/mol. The monoisotopic (exact) mass is 397 g/mol. The molecule has 5 N–H and O–H groups in total. The number of aliphatic hydroxyl groups excluding tert-OH is 2. The molecule has 0 amide bonds. The lowest BCUT2D eigenvalue weighted by Gasteiger charge is -2.23. The lowest BCUT2D eigenvalue weighted by Crippen LogP contribution is -2.42. The number of ether oxygens (including phenoxy) is 1. The van der Waals surface area contributed by atoms with Gasteiger partial charge in [-0.3, -0.25) is 0 Å². The molecular formula is C20H31NO7. The number of hydrogen-bond donors (Lipinski definition) is 5. The highest BCUT2D eigenvalue weighted by Crippen LogP contribution is 2.20. The first kappa shape index (κ1) is 25.6. The third-order valence-electron chi connectivity index (χ3n) is 3.26. The predicted octanol–water partition coefficient (Wildman–Crippen LogP) is 1.37. The molecule has 0 aromatic heterocycles. The van der Waals surface area contributed by atoms with E-state index in [1.54, 1.807) is 0 Å². The van der Waals surface area contributed by atoms with Crippen LogP contribution in [-0.2, 0) is 16.0 Å². The maximum Gasteiger partial charge on any atom is 0.328 e. The van der Waals surface area contributed by atoms with Crippen molar-refractivity contribution in [2.75, 3.05) is 19.8 Å². The van der Waals surface area contributed by atoms with Crippen LogP contribution in [0.25, 0.3) is 0 Å². The maximum atomic E-state index is 9.91. The van der Waals surface area contributed by atoms with Crippen molar-refractivity contribution in [3.63, 3.8) is 0 Å². The van der Waals surface area contributed by atoms with E-state index in [9.17, 15) is 14.7 Å². The Morgan fingerprint density at radius 3 is 2.21 bits per heavy atom. The number of rotatable bonds is 9. The van der Waals surface area contributed by atoms with E-state index >= 15 is 0 Å². The minimum Gasteiger partial charge on any atom is -0.491 e. The molecule has 1 aromatic carbocycles. The molecule has 0 aliphatic carbocycles. The van der Waals surface area contributed by atoms with Crippen molar-refractivity contribution < 1.29 is 34.8 Å². The Balaban J connectivity index is 0.000000769. The minimum absolute atomic E-state index is 0.0209. The van der Waals surface area contributed by atoms with Crippen LogP contribution in [0.1, 0.15) is 31.9 Å². The SMILES string of the molecule is Cc1ccc(OC[C@@H](O)CNC(C)(C)C)c(CCO)c1.O=C(O)C=CC(=O)O. The minimum atomic E-state index is -1.26. The molecule has 0 radical (unpaired) electrons. The summed E-state index contributed by atoms with van der Waals surface area (Å²) in [5.74, 6) is -1.78. The third-order valence-corrected chi connectivity index (χ3v) is 3.26. The zero-order chi connectivity index (χ0) is 21.7. The Labute approximate surface area is 165 Å². The molecule has 0 bridgehead atoms. The fraction of sp³-hybridized carbons (Fsp3) is 0.500. The van der Waals surface area contributed by atoms with Gasteiger partial charge < -0.3 is 30.5 Å². The number of hydrogen-bond acceptors (Lipinski definition) is 6. The van der Waals surface area contributed by atoms with Gasteiger partial charge in [-0.15, -0.1) is 0 Å². The second-order valence-electron chi connectivity index (χ2n) is 7.19. The molecule has 0 aliphatic rings. The Bertz CT molecular complexity index is 634. The molecule has 8 nitrogen and oxygen atoms in total. The summed E-state index contributed by atoms with van der Waals surface area (Å²) in [5, 5.41) is 37.8. The van der Waals surface area contributed by atoms with E-state index in [0.29, 0.717) is 25.1 Å². The third kappa shape index (κ3) is 13.7. The Kier molecular flexibility index (Phi) is 11.8.